The van der Waals surface area contributed by atoms with Gasteiger partial charge in [0.1, 0.15) is 5.82 Å². The molecule has 1 fully saturated rings. The van der Waals surface area contributed by atoms with Gasteiger partial charge in [0, 0.05) is 12.1 Å². The summed E-state index contributed by atoms with van der Waals surface area (Å²) in [5.41, 5.74) is 7.89. The van der Waals surface area contributed by atoms with Gasteiger partial charge in [-0.05, 0) is 54.2 Å². The number of nitrogens with one attached hydrogen (secondary N) is 3. The Bertz CT molecular complexity index is 868. The highest BCUT2D eigenvalue weighted by atomic mass is 35.5. The van der Waals surface area contributed by atoms with E-state index in [4.69, 9.17) is 17.3 Å². The lowest BCUT2D eigenvalue weighted by Crippen LogP contribution is -2.42. The third-order valence-electron chi connectivity index (χ3n) is 4.30. The number of aromatic nitrogens is 2. The number of carbonyl (C=O) groups excluding carboxylic acids is 1. The molecular formula is C16H19ClFN7O3. The van der Waals surface area contributed by atoms with Gasteiger partial charge in [-0.2, -0.15) is 0 Å². The fourth-order valence-corrected chi connectivity index (χ4v) is 3.01. The van der Waals surface area contributed by atoms with E-state index in [0.29, 0.717) is 0 Å². The summed E-state index contributed by atoms with van der Waals surface area (Å²) in [4.78, 5) is 16.3. The van der Waals surface area contributed by atoms with Crippen molar-refractivity contribution >= 4 is 35.0 Å². The lowest BCUT2D eigenvalue weighted by molar-refractivity contribution is 0.234. The predicted molar refractivity (Wildman–Crippen MR) is 99.2 cm³/mol. The van der Waals surface area contributed by atoms with Crippen molar-refractivity contribution in [2.45, 2.75) is 37.8 Å². The SMILES string of the molecule is NC1CCC(NC(=O)Nc2nonc2C(=Nc2ccc(F)c(Cl)c2)NO)CC1. The second kappa shape index (κ2) is 8.95. The minimum Gasteiger partial charge on any atom is -0.335 e. The molecule has 0 spiro atoms. The molecule has 1 heterocycles. The second-order valence-electron chi connectivity index (χ2n) is 6.34. The number of amides is 2. The third-order valence-corrected chi connectivity index (χ3v) is 4.59. The van der Waals surface area contributed by atoms with Crippen molar-refractivity contribution in [1.82, 2.24) is 21.1 Å². The van der Waals surface area contributed by atoms with Gasteiger partial charge < -0.3 is 11.1 Å². The number of hydrogen-bond acceptors (Lipinski definition) is 7. The number of amidine groups is 1. The molecule has 0 saturated heterocycles. The van der Waals surface area contributed by atoms with Crippen molar-refractivity contribution < 1.29 is 19.0 Å². The van der Waals surface area contributed by atoms with Crippen LogP contribution in [0.5, 0.6) is 0 Å². The smallest absolute Gasteiger partial charge is 0.320 e. The number of urea groups is 1. The van der Waals surface area contributed by atoms with Crippen LogP contribution in [-0.4, -0.2) is 39.5 Å². The number of hydroxylamine groups is 1. The number of hydrogen-bond donors (Lipinski definition) is 5. The Morgan fingerprint density at radius 2 is 2.07 bits per heavy atom. The Labute approximate surface area is 164 Å². The van der Waals surface area contributed by atoms with Gasteiger partial charge in [0.05, 0.1) is 10.7 Å². The van der Waals surface area contributed by atoms with Crippen LogP contribution >= 0.6 is 11.6 Å². The van der Waals surface area contributed by atoms with Gasteiger partial charge in [-0.15, -0.1) is 0 Å². The van der Waals surface area contributed by atoms with Crippen LogP contribution in [-0.2, 0) is 0 Å². The van der Waals surface area contributed by atoms with Crippen LogP contribution in [0.25, 0.3) is 0 Å². The Hall–Kier alpha value is -2.76. The number of nitrogens with zero attached hydrogens (tertiary/aromatic N) is 3. The third kappa shape index (κ3) is 4.94. The Kier molecular flexibility index (Phi) is 6.39. The first-order valence-electron chi connectivity index (χ1n) is 8.56. The molecule has 0 radical (unpaired) electrons. The number of nitrogens with two attached hydrogens (primary N) is 1. The molecule has 1 aliphatic rings. The number of carbonyl (C=O) groups is 1. The lowest BCUT2D eigenvalue weighted by Gasteiger charge is -2.26. The fraction of sp³-hybridized carbons (Fsp3) is 0.375. The van der Waals surface area contributed by atoms with Crippen LogP contribution < -0.4 is 21.8 Å². The largest absolute Gasteiger partial charge is 0.335 e. The summed E-state index contributed by atoms with van der Waals surface area (Å²) in [7, 11) is 0. The summed E-state index contributed by atoms with van der Waals surface area (Å²) < 4.78 is 17.9. The summed E-state index contributed by atoms with van der Waals surface area (Å²) in [6.07, 6.45) is 3.25. The molecule has 10 nitrogen and oxygen atoms in total. The average Bonchev–Trinajstić information content (AvgIpc) is 3.12. The predicted octanol–water partition coefficient (Wildman–Crippen LogP) is 2.31. The molecule has 12 heteroatoms. The quantitative estimate of drug-likeness (QED) is 0.294. The lowest BCUT2D eigenvalue weighted by atomic mass is 9.92. The zero-order valence-corrected chi connectivity index (χ0v) is 15.4. The molecule has 1 aliphatic carbocycles. The zero-order valence-electron chi connectivity index (χ0n) is 14.7. The van der Waals surface area contributed by atoms with Crippen molar-refractivity contribution in [2.75, 3.05) is 5.32 Å². The first-order chi connectivity index (χ1) is 13.5. The van der Waals surface area contributed by atoms with Crippen molar-refractivity contribution in [1.29, 1.82) is 0 Å². The molecule has 0 bridgehead atoms. The van der Waals surface area contributed by atoms with Gasteiger partial charge in [-0.25, -0.2) is 18.8 Å². The molecule has 1 aromatic heterocycles. The van der Waals surface area contributed by atoms with Crippen LogP contribution in [0.15, 0.2) is 27.8 Å². The summed E-state index contributed by atoms with van der Waals surface area (Å²) in [5.74, 6) is -0.841. The number of aliphatic imine (C=N–C) groups is 1. The van der Waals surface area contributed by atoms with Gasteiger partial charge in [-0.3, -0.25) is 16.0 Å². The molecule has 6 N–H and O–H groups in total. The molecule has 28 heavy (non-hydrogen) atoms. The van der Waals surface area contributed by atoms with E-state index in [1.807, 2.05) is 5.48 Å². The molecule has 2 aromatic rings. The highest BCUT2D eigenvalue weighted by Gasteiger charge is 2.23. The molecule has 150 valence electrons. The van der Waals surface area contributed by atoms with E-state index < -0.39 is 11.8 Å². The Morgan fingerprint density at radius 3 is 2.75 bits per heavy atom. The van der Waals surface area contributed by atoms with Gasteiger partial charge in [0.15, 0.2) is 11.5 Å². The normalized spacial score (nSPS) is 19.9. The molecule has 1 saturated carbocycles. The Morgan fingerprint density at radius 1 is 1.32 bits per heavy atom. The number of rotatable bonds is 4. The van der Waals surface area contributed by atoms with Crippen molar-refractivity contribution in [3.05, 3.63) is 34.7 Å². The van der Waals surface area contributed by atoms with Crippen molar-refractivity contribution in [2.24, 2.45) is 10.7 Å². The summed E-state index contributed by atoms with van der Waals surface area (Å²) >= 11 is 5.72. The van der Waals surface area contributed by atoms with E-state index in [1.54, 1.807) is 0 Å². The van der Waals surface area contributed by atoms with Crippen molar-refractivity contribution in [3.63, 3.8) is 0 Å². The highest BCUT2D eigenvalue weighted by Crippen LogP contribution is 2.23. The summed E-state index contributed by atoms with van der Waals surface area (Å²) in [6, 6.07) is 3.41. The number of benzene rings is 1. The van der Waals surface area contributed by atoms with Gasteiger partial charge >= 0.3 is 6.03 Å². The monoisotopic (exact) mass is 411 g/mol. The van der Waals surface area contributed by atoms with Crippen LogP contribution in [0.3, 0.4) is 0 Å². The van der Waals surface area contributed by atoms with Crippen LogP contribution in [0.2, 0.25) is 5.02 Å². The molecule has 0 aliphatic heterocycles. The molecule has 0 unspecified atom stereocenters. The van der Waals surface area contributed by atoms with E-state index in [1.165, 1.54) is 12.1 Å². The molecule has 1 aromatic carbocycles. The van der Waals surface area contributed by atoms with Gasteiger partial charge in [-0.1, -0.05) is 11.6 Å². The summed E-state index contributed by atoms with van der Waals surface area (Å²) in [6.45, 7) is 0. The highest BCUT2D eigenvalue weighted by molar-refractivity contribution is 6.31. The van der Waals surface area contributed by atoms with Crippen molar-refractivity contribution in [3.8, 4) is 0 Å². The fourth-order valence-electron chi connectivity index (χ4n) is 2.83. The minimum absolute atomic E-state index is 0.00794. The first-order valence-corrected chi connectivity index (χ1v) is 8.94. The summed E-state index contributed by atoms with van der Waals surface area (Å²) in [5, 5.41) is 21.8. The standard InChI is InChI=1S/C16H19ClFN7O3/c17-11-7-10(5-6-12(11)18)20-14(23-27)13-15(25-28-24-13)22-16(26)21-9-3-1-8(19)2-4-9/h5-9,27H,1-4,19H2,(H,20,23)(H2,21,22,25,26). The molecular weight excluding hydrogens is 393 g/mol. The zero-order chi connectivity index (χ0) is 20.1. The maximum atomic E-state index is 13.3. The van der Waals surface area contributed by atoms with Crippen LogP contribution in [0.4, 0.5) is 20.7 Å². The van der Waals surface area contributed by atoms with E-state index in [9.17, 15) is 14.4 Å². The molecule has 2 amide bonds. The maximum Gasteiger partial charge on any atom is 0.320 e. The topological polar surface area (TPSA) is 151 Å². The van der Waals surface area contributed by atoms with Gasteiger partial charge in [0.25, 0.3) is 0 Å². The van der Waals surface area contributed by atoms with Crippen LogP contribution in [0.1, 0.15) is 31.4 Å². The van der Waals surface area contributed by atoms with E-state index in [-0.39, 0.29) is 40.1 Å². The first kappa shape index (κ1) is 20.0. The van der Waals surface area contributed by atoms with Crippen LogP contribution in [0, 0.1) is 5.82 Å². The molecule has 0 atom stereocenters. The second-order valence-corrected chi connectivity index (χ2v) is 6.75. The van der Waals surface area contributed by atoms with Gasteiger partial charge in [0.2, 0.25) is 5.82 Å². The van der Waals surface area contributed by atoms with E-state index in [0.717, 1.165) is 31.7 Å². The minimum atomic E-state index is -0.607. The average molecular weight is 412 g/mol. The van der Waals surface area contributed by atoms with E-state index >= 15 is 0 Å². The molecule has 3 rings (SSSR count). The number of anilines is 1. The van der Waals surface area contributed by atoms with E-state index in [2.05, 4.69) is 30.6 Å². The number of halogens is 2. The Balaban J connectivity index is 1.71. The maximum absolute atomic E-state index is 13.3.